The van der Waals surface area contributed by atoms with Crippen LogP contribution in [0.1, 0.15) is 12.0 Å². The maximum absolute atomic E-state index is 12.1. The van der Waals surface area contributed by atoms with Crippen molar-refractivity contribution in [1.29, 1.82) is 0 Å². The zero-order valence-corrected chi connectivity index (χ0v) is 14.3. The number of guanidine groups is 1. The molecule has 0 amide bonds. The molecule has 0 aliphatic carbocycles. The van der Waals surface area contributed by atoms with Crippen LogP contribution in [-0.2, 0) is 6.54 Å². The van der Waals surface area contributed by atoms with Gasteiger partial charge in [0.15, 0.2) is 12.6 Å². The van der Waals surface area contributed by atoms with Gasteiger partial charge in [0.05, 0.1) is 0 Å². The number of nitrogens with zero attached hydrogens (tertiary/aromatic N) is 2. The van der Waals surface area contributed by atoms with E-state index in [9.17, 15) is 13.2 Å². The molecule has 0 bridgehead atoms. The summed E-state index contributed by atoms with van der Waals surface area (Å²) in [6.45, 7) is 1.03. The largest absolute Gasteiger partial charge is 0.484 e. The van der Waals surface area contributed by atoms with Gasteiger partial charge in [-0.25, -0.2) is 0 Å². The van der Waals surface area contributed by atoms with E-state index in [0.29, 0.717) is 12.5 Å². The average Bonchev–Trinajstić information content (AvgIpc) is 2.52. The van der Waals surface area contributed by atoms with Gasteiger partial charge in [0.25, 0.3) is 0 Å². The molecule has 0 spiro atoms. The molecule has 8 heteroatoms. The van der Waals surface area contributed by atoms with Crippen LogP contribution in [0.25, 0.3) is 0 Å². The third-order valence-corrected chi connectivity index (χ3v) is 3.08. The Labute approximate surface area is 140 Å². The fourth-order valence-electron chi connectivity index (χ4n) is 1.88. The van der Waals surface area contributed by atoms with Crippen molar-refractivity contribution in [3.63, 3.8) is 0 Å². The predicted molar refractivity (Wildman–Crippen MR) is 89.4 cm³/mol. The molecule has 5 nitrogen and oxygen atoms in total. The van der Waals surface area contributed by atoms with Crippen LogP contribution in [0.3, 0.4) is 0 Å². The summed E-state index contributed by atoms with van der Waals surface area (Å²) in [7, 11) is 5.74. The van der Waals surface area contributed by atoms with Crippen LogP contribution in [0.15, 0.2) is 29.3 Å². The Morgan fingerprint density at radius 3 is 2.38 bits per heavy atom. The number of rotatable bonds is 8. The van der Waals surface area contributed by atoms with Crippen molar-refractivity contribution in [2.75, 3.05) is 40.8 Å². The second-order valence-corrected chi connectivity index (χ2v) is 5.56. The minimum atomic E-state index is -4.33. The highest BCUT2D eigenvalue weighted by atomic mass is 19.4. The van der Waals surface area contributed by atoms with E-state index >= 15 is 0 Å². The fourth-order valence-corrected chi connectivity index (χ4v) is 1.88. The first kappa shape index (κ1) is 20.1. The lowest BCUT2D eigenvalue weighted by Crippen LogP contribution is -2.38. The number of alkyl halides is 3. The minimum absolute atomic E-state index is 0.197. The molecule has 0 atom stereocenters. The number of ether oxygens (including phenoxy) is 1. The highest BCUT2D eigenvalue weighted by molar-refractivity contribution is 5.79. The third-order valence-electron chi connectivity index (χ3n) is 3.08. The van der Waals surface area contributed by atoms with E-state index in [-0.39, 0.29) is 5.75 Å². The number of hydrogen-bond donors (Lipinski definition) is 2. The van der Waals surface area contributed by atoms with Gasteiger partial charge in [0.2, 0.25) is 0 Å². The number of aliphatic imine (C=N–C) groups is 1. The molecule has 24 heavy (non-hydrogen) atoms. The second kappa shape index (κ2) is 10.0. The van der Waals surface area contributed by atoms with E-state index < -0.39 is 12.8 Å². The third kappa shape index (κ3) is 9.24. The minimum Gasteiger partial charge on any atom is -0.484 e. The summed E-state index contributed by atoms with van der Waals surface area (Å²) < 4.78 is 40.9. The van der Waals surface area contributed by atoms with Crippen LogP contribution in [0.4, 0.5) is 13.2 Å². The van der Waals surface area contributed by atoms with Crippen molar-refractivity contribution >= 4 is 5.96 Å². The molecule has 0 heterocycles. The van der Waals surface area contributed by atoms with Crippen LogP contribution in [0.2, 0.25) is 0 Å². The monoisotopic (exact) mass is 346 g/mol. The maximum Gasteiger partial charge on any atom is 0.422 e. The van der Waals surface area contributed by atoms with Gasteiger partial charge < -0.3 is 20.3 Å². The molecule has 0 aliphatic heterocycles. The molecule has 1 rings (SSSR count). The van der Waals surface area contributed by atoms with Crippen LogP contribution in [-0.4, -0.2) is 57.9 Å². The lowest BCUT2D eigenvalue weighted by atomic mass is 10.2. The summed E-state index contributed by atoms with van der Waals surface area (Å²) in [6.07, 6.45) is -3.33. The van der Waals surface area contributed by atoms with Gasteiger partial charge in [-0.3, -0.25) is 4.99 Å². The van der Waals surface area contributed by atoms with Crippen LogP contribution < -0.4 is 15.4 Å². The smallest absolute Gasteiger partial charge is 0.422 e. The molecule has 2 N–H and O–H groups in total. The molecule has 0 aliphatic rings. The van der Waals surface area contributed by atoms with Crippen LogP contribution in [0, 0.1) is 0 Å². The summed E-state index contributed by atoms with van der Waals surface area (Å²) in [5, 5.41) is 6.36. The van der Waals surface area contributed by atoms with Gasteiger partial charge >= 0.3 is 6.18 Å². The van der Waals surface area contributed by atoms with Gasteiger partial charge in [-0.15, -0.1) is 0 Å². The Morgan fingerprint density at radius 2 is 1.83 bits per heavy atom. The summed E-state index contributed by atoms with van der Waals surface area (Å²) >= 11 is 0. The number of nitrogens with one attached hydrogen (secondary N) is 2. The first-order chi connectivity index (χ1) is 11.3. The average molecular weight is 346 g/mol. The van der Waals surface area contributed by atoms with Crippen LogP contribution in [0.5, 0.6) is 5.75 Å². The predicted octanol–water partition coefficient (Wildman–Crippen LogP) is 2.24. The molecular formula is C16H25F3N4O. The first-order valence-corrected chi connectivity index (χ1v) is 7.68. The van der Waals surface area contributed by atoms with Crippen molar-refractivity contribution in [3.05, 3.63) is 29.8 Å². The van der Waals surface area contributed by atoms with Crippen molar-refractivity contribution < 1.29 is 17.9 Å². The van der Waals surface area contributed by atoms with E-state index in [1.54, 1.807) is 19.2 Å². The fraction of sp³-hybridized carbons (Fsp3) is 0.562. The van der Waals surface area contributed by atoms with E-state index in [0.717, 1.165) is 25.1 Å². The molecular weight excluding hydrogens is 321 g/mol. The Bertz CT molecular complexity index is 501. The van der Waals surface area contributed by atoms with Crippen LogP contribution >= 0.6 is 0 Å². The Hall–Kier alpha value is -1.96. The normalized spacial score (nSPS) is 12.4. The van der Waals surface area contributed by atoms with Gasteiger partial charge in [-0.1, -0.05) is 12.1 Å². The summed E-state index contributed by atoms with van der Waals surface area (Å²) in [6, 6.07) is 6.49. The zero-order valence-electron chi connectivity index (χ0n) is 14.3. The Morgan fingerprint density at radius 1 is 1.17 bits per heavy atom. The van der Waals surface area contributed by atoms with Gasteiger partial charge in [0, 0.05) is 20.1 Å². The lowest BCUT2D eigenvalue weighted by Gasteiger charge is -2.14. The SMILES string of the molecule is CN=C(NCCCN(C)C)NCc1ccc(OCC(F)(F)F)cc1. The molecule has 1 aromatic carbocycles. The van der Waals surface area contributed by atoms with Gasteiger partial charge in [-0.05, 0) is 44.8 Å². The quantitative estimate of drug-likeness (QED) is 0.431. The van der Waals surface area contributed by atoms with Gasteiger partial charge in [-0.2, -0.15) is 13.2 Å². The topological polar surface area (TPSA) is 48.9 Å². The Kier molecular flexibility index (Phi) is 8.39. The van der Waals surface area contributed by atoms with Crippen molar-refractivity contribution in [2.45, 2.75) is 19.1 Å². The number of halogens is 3. The summed E-state index contributed by atoms with van der Waals surface area (Å²) in [4.78, 5) is 6.24. The highest BCUT2D eigenvalue weighted by Gasteiger charge is 2.28. The van der Waals surface area contributed by atoms with E-state index in [2.05, 4.69) is 25.3 Å². The molecule has 136 valence electrons. The zero-order chi connectivity index (χ0) is 18.0. The summed E-state index contributed by atoms with van der Waals surface area (Å²) in [5.74, 6) is 0.883. The van der Waals surface area contributed by atoms with Crippen molar-refractivity contribution in [3.8, 4) is 5.75 Å². The molecule has 0 unspecified atom stereocenters. The number of benzene rings is 1. The second-order valence-electron chi connectivity index (χ2n) is 5.56. The highest BCUT2D eigenvalue weighted by Crippen LogP contribution is 2.18. The van der Waals surface area contributed by atoms with Gasteiger partial charge in [0.1, 0.15) is 5.75 Å². The van der Waals surface area contributed by atoms with Crippen molar-refractivity contribution in [1.82, 2.24) is 15.5 Å². The van der Waals surface area contributed by atoms with E-state index in [4.69, 9.17) is 0 Å². The van der Waals surface area contributed by atoms with Crippen molar-refractivity contribution in [2.24, 2.45) is 4.99 Å². The summed E-state index contributed by atoms with van der Waals surface area (Å²) in [5.41, 5.74) is 0.922. The molecule has 1 aromatic rings. The molecule has 0 saturated carbocycles. The molecule has 0 fully saturated rings. The molecule has 0 aromatic heterocycles. The van der Waals surface area contributed by atoms with E-state index in [1.165, 1.54) is 12.1 Å². The Balaban J connectivity index is 2.35. The molecule has 0 radical (unpaired) electrons. The molecule has 0 saturated heterocycles. The van der Waals surface area contributed by atoms with E-state index in [1.807, 2.05) is 14.1 Å². The first-order valence-electron chi connectivity index (χ1n) is 7.68. The standard InChI is InChI=1S/C16H25F3N4O/c1-20-15(21-9-4-10-23(2)3)22-11-13-5-7-14(8-6-13)24-12-16(17,18)19/h5-8H,4,9-12H2,1-3H3,(H2,20,21,22). The lowest BCUT2D eigenvalue weighted by molar-refractivity contribution is -0.153. The number of hydrogen-bond acceptors (Lipinski definition) is 3. The maximum atomic E-state index is 12.1.